The maximum Gasteiger partial charge on any atom is 0.243 e. The van der Waals surface area contributed by atoms with Gasteiger partial charge in [0.25, 0.3) is 0 Å². The minimum Gasteiger partial charge on any atom is -0.351 e. The highest BCUT2D eigenvalue weighted by Crippen LogP contribution is 2.18. The second kappa shape index (κ2) is 7.09. The van der Waals surface area contributed by atoms with Gasteiger partial charge in [-0.05, 0) is 40.0 Å². The largest absolute Gasteiger partial charge is 0.351 e. The van der Waals surface area contributed by atoms with Gasteiger partial charge >= 0.3 is 0 Å². The molecule has 0 aliphatic carbocycles. The number of piperidine rings is 1. The van der Waals surface area contributed by atoms with Gasteiger partial charge in [-0.1, -0.05) is 0 Å². The molecule has 7 heteroatoms. The molecule has 2 fully saturated rings. The molecule has 0 aromatic heterocycles. The molecule has 3 N–H and O–H groups in total. The third kappa shape index (κ3) is 3.76. The molecule has 0 aromatic carbocycles. The van der Waals surface area contributed by atoms with E-state index >= 15 is 0 Å². The van der Waals surface area contributed by atoms with Crippen LogP contribution in [0.2, 0.25) is 0 Å². The van der Waals surface area contributed by atoms with Crippen molar-refractivity contribution in [1.82, 2.24) is 20.9 Å². The van der Waals surface area contributed by atoms with E-state index in [2.05, 4.69) is 16.0 Å². The number of hydrogen-bond acceptors (Lipinski definition) is 4. The van der Waals surface area contributed by atoms with Crippen LogP contribution >= 0.6 is 0 Å². The first-order valence-electron chi connectivity index (χ1n) is 8.04. The Bertz CT molecular complexity index is 454. The summed E-state index contributed by atoms with van der Waals surface area (Å²) in [6.45, 7) is 6.44. The van der Waals surface area contributed by atoms with Crippen molar-refractivity contribution in [2.24, 2.45) is 0 Å². The van der Waals surface area contributed by atoms with E-state index in [1.165, 1.54) is 0 Å². The molecule has 0 aromatic rings. The molecule has 2 saturated heterocycles. The van der Waals surface area contributed by atoms with Crippen molar-refractivity contribution < 1.29 is 14.4 Å². The Labute approximate surface area is 131 Å². The van der Waals surface area contributed by atoms with E-state index in [-0.39, 0.29) is 29.8 Å². The minimum absolute atomic E-state index is 0.0494. The van der Waals surface area contributed by atoms with Crippen LogP contribution in [0.1, 0.15) is 40.0 Å². The molecule has 124 valence electrons. The zero-order valence-corrected chi connectivity index (χ0v) is 13.5. The average molecular weight is 310 g/mol. The molecule has 2 aliphatic heterocycles. The molecular weight excluding hydrogens is 284 g/mol. The van der Waals surface area contributed by atoms with Gasteiger partial charge < -0.3 is 20.9 Å². The van der Waals surface area contributed by atoms with Gasteiger partial charge in [0.05, 0.1) is 6.04 Å². The second-order valence-corrected chi connectivity index (χ2v) is 6.31. The van der Waals surface area contributed by atoms with Gasteiger partial charge in [0.2, 0.25) is 17.7 Å². The summed E-state index contributed by atoms with van der Waals surface area (Å²) in [5.41, 5.74) is 0. The van der Waals surface area contributed by atoms with Gasteiger partial charge in [-0.3, -0.25) is 14.4 Å². The number of nitrogens with zero attached hydrogens (tertiary/aromatic N) is 1. The molecule has 0 spiro atoms. The molecule has 2 rings (SSSR count). The van der Waals surface area contributed by atoms with E-state index in [0.29, 0.717) is 19.5 Å². The van der Waals surface area contributed by atoms with Crippen LogP contribution in [0, 0.1) is 0 Å². The highest BCUT2D eigenvalue weighted by atomic mass is 16.2. The van der Waals surface area contributed by atoms with Crippen LogP contribution in [0.4, 0.5) is 0 Å². The lowest BCUT2D eigenvalue weighted by Crippen LogP contribution is -2.60. The maximum absolute atomic E-state index is 12.6. The van der Waals surface area contributed by atoms with Gasteiger partial charge in [0.15, 0.2) is 0 Å². The number of carbonyl (C=O) groups excluding carboxylic acids is 3. The Morgan fingerprint density at radius 3 is 2.41 bits per heavy atom. The van der Waals surface area contributed by atoms with E-state index in [1.807, 2.05) is 6.92 Å². The van der Waals surface area contributed by atoms with Crippen LogP contribution in [-0.4, -0.2) is 59.9 Å². The fourth-order valence-corrected chi connectivity index (χ4v) is 2.95. The standard InChI is InChI=1S/C15H26N4O3/c1-9-8-16-11(3)15(22)19-7-5-4-6-12(19)14(21)18-10(2)13(20)17-9/h9-12,16H,4-8H2,1-3H3,(H,17,20)(H,18,21)/t9-,10-,11-,12+/m0/s1. The first kappa shape index (κ1) is 16.7. The van der Waals surface area contributed by atoms with Gasteiger partial charge in [-0.25, -0.2) is 0 Å². The van der Waals surface area contributed by atoms with E-state index in [1.54, 1.807) is 18.7 Å². The zero-order valence-electron chi connectivity index (χ0n) is 13.5. The zero-order chi connectivity index (χ0) is 16.3. The van der Waals surface area contributed by atoms with Crippen LogP contribution in [0.25, 0.3) is 0 Å². The summed E-state index contributed by atoms with van der Waals surface area (Å²) in [6, 6.07) is -1.56. The summed E-state index contributed by atoms with van der Waals surface area (Å²) in [4.78, 5) is 38.8. The molecule has 0 unspecified atom stereocenters. The topological polar surface area (TPSA) is 90.5 Å². The molecule has 2 aliphatic rings. The molecule has 0 bridgehead atoms. The molecule has 22 heavy (non-hydrogen) atoms. The van der Waals surface area contributed by atoms with E-state index in [0.717, 1.165) is 12.8 Å². The number of carbonyl (C=O) groups is 3. The quantitative estimate of drug-likeness (QED) is 0.555. The van der Waals surface area contributed by atoms with Crippen LogP contribution < -0.4 is 16.0 Å². The average Bonchev–Trinajstić information content (AvgIpc) is 2.50. The minimum atomic E-state index is -0.606. The lowest BCUT2D eigenvalue weighted by atomic mass is 9.99. The van der Waals surface area contributed by atoms with Crippen molar-refractivity contribution in [2.45, 2.75) is 64.2 Å². The third-order valence-electron chi connectivity index (χ3n) is 4.33. The molecule has 0 radical (unpaired) electrons. The fourth-order valence-electron chi connectivity index (χ4n) is 2.95. The first-order chi connectivity index (χ1) is 10.4. The molecule has 4 atom stereocenters. The van der Waals surface area contributed by atoms with E-state index < -0.39 is 12.1 Å². The Balaban J connectivity index is 2.21. The Hall–Kier alpha value is -1.63. The van der Waals surface area contributed by atoms with Crippen molar-refractivity contribution in [3.05, 3.63) is 0 Å². The van der Waals surface area contributed by atoms with Crippen LogP contribution in [0.3, 0.4) is 0 Å². The first-order valence-corrected chi connectivity index (χ1v) is 8.04. The normalized spacial score (nSPS) is 34.9. The number of rotatable bonds is 0. The number of nitrogens with one attached hydrogen (secondary N) is 3. The number of fused-ring (bicyclic) bond motifs is 1. The predicted octanol–water partition coefficient (Wildman–Crippen LogP) is -0.631. The number of hydrogen-bond donors (Lipinski definition) is 3. The van der Waals surface area contributed by atoms with Gasteiger partial charge in [0.1, 0.15) is 12.1 Å². The summed E-state index contributed by atoms with van der Waals surface area (Å²) in [6.07, 6.45) is 2.48. The summed E-state index contributed by atoms with van der Waals surface area (Å²) in [5.74, 6) is -0.493. The van der Waals surface area contributed by atoms with Crippen LogP contribution in [0.5, 0.6) is 0 Å². The summed E-state index contributed by atoms with van der Waals surface area (Å²) in [7, 11) is 0. The third-order valence-corrected chi connectivity index (χ3v) is 4.33. The van der Waals surface area contributed by atoms with Crippen molar-refractivity contribution in [3.63, 3.8) is 0 Å². The number of amides is 3. The predicted molar refractivity (Wildman–Crippen MR) is 82.0 cm³/mol. The summed E-state index contributed by atoms with van der Waals surface area (Å²) >= 11 is 0. The Morgan fingerprint density at radius 2 is 1.68 bits per heavy atom. The van der Waals surface area contributed by atoms with Crippen LogP contribution in [-0.2, 0) is 14.4 Å². The van der Waals surface area contributed by atoms with Crippen molar-refractivity contribution in [3.8, 4) is 0 Å². The Morgan fingerprint density at radius 1 is 0.955 bits per heavy atom. The smallest absolute Gasteiger partial charge is 0.243 e. The van der Waals surface area contributed by atoms with Crippen molar-refractivity contribution >= 4 is 17.7 Å². The summed E-state index contributed by atoms with van der Waals surface area (Å²) in [5, 5.41) is 8.72. The highest BCUT2D eigenvalue weighted by molar-refractivity contribution is 5.93. The van der Waals surface area contributed by atoms with Gasteiger partial charge in [-0.15, -0.1) is 0 Å². The van der Waals surface area contributed by atoms with Crippen molar-refractivity contribution in [1.29, 1.82) is 0 Å². The highest BCUT2D eigenvalue weighted by Gasteiger charge is 2.35. The second-order valence-electron chi connectivity index (χ2n) is 6.31. The van der Waals surface area contributed by atoms with Crippen molar-refractivity contribution in [2.75, 3.05) is 13.1 Å². The van der Waals surface area contributed by atoms with Gasteiger partial charge in [0, 0.05) is 19.1 Å². The maximum atomic E-state index is 12.6. The summed E-state index contributed by atoms with van der Waals surface area (Å²) < 4.78 is 0. The molecule has 3 amide bonds. The van der Waals surface area contributed by atoms with E-state index in [9.17, 15) is 14.4 Å². The Kier molecular flexibility index (Phi) is 5.39. The molecular formula is C15H26N4O3. The monoisotopic (exact) mass is 310 g/mol. The lowest BCUT2D eigenvalue weighted by Gasteiger charge is -2.37. The molecule has 7 nitrogen and oxygen atoms in total. The van der Waals surface area contributed by atoms with Crippen LogP contribution in [0.15, 0.2) is 0 Å². The SMILES string of the molecule is C[C@@H]1NC(=O)[C@H]2CCCCN2C(=O)[C@H](C)NC[C@H](C)NC1=O. The fraction of sp³-hybridized carbons (Fsp3) is 0.800. The molecule has 2 heterocycles. The lowest BCUT2D eigenvalue weighted by molar-refractivity contribution is -0.144. The van der Waals surface area contributed by atoms with E-state index in [4.69, 9.17) is 0 Å². The van der Waals surface area contributed by atoms with Gasteiger partial charge in [-0.2, -0.15) is 0 Å². The molecule has 0 saturated carbocycles.